The summed E-state index contributed by atoms with van der Waals surface area (Å²) in [5.41, 5.74) is 1.86. The lowest BCUT2D eigenvalue weighted by Crippen LogP contribution is -2.04. The molecule has 2 nitrogen and oxygen atoms in total. The van der Waals surface area contributed by atoms with Gasteiger partial charge >= 0.3 is 5.97 Å². The molecule has 0 saturated carbocycles. The van der Waals surface area contributed by atoms with Crippen LogP contribution >= 0.6 is 23.2 Å². The summed E-state index contributed by atoms with van der Waals surface area (Å²) >= 11 is 11.8. The molecule has 0 atom stereocenters. The first-order chi connectivity index (χ1) is 10.1. The van der Waals surface area contributed by atoms with Gasteiger partial charge in [0, 0.05) is 22.5 Å². The van der Waals surface area contributed by atoms with Gasteiger partial charge in [0.2, 0.25) is 0 Å². The Hall–Kier alpha value is -1.77. The molecule has 0 bridgehead atoms. The molecule has 0 aliphatic carbocycles. The largest absolute Gasteiger partial charge is 0.462 e. The van der Waals surface area contributed by atoms with Crippen LogP contribution in [-0.2, 0) is 16.0 Å². The molecule has 108 valence electrons. The fourth-order valence-electron chi connectivity index (χ4n) is 1.76. The van der Waals surface area contributed by atoms with E-state index in [4.69, 9.17) is 27.9 Å². The minimum atomic E-state index is -0.392. The second-order valence-corrected chi connectivity index (χ2v) is 5.25. The molecule has 0 heterocycles. The minimum absolute atomic E-state index is 0.349. The van der Waals surface area contributed by atoms with E-state index in [0.29, 0.717) is 23.1 Å². The molecule has 21 heavy (non-hydrogen) atoms. The van der Waals surface area contributed by atoms with E-state index in [1.54, 1.807) is 24.3 Å². The lowest BCUT2D eigenvalue weighted by molar-refractivity contribution is -0.137. The molecule has 2 aromatic rings. The highest BCUT2D eigenvalue weighted by molar-refractivity contribution is 6.35. The molecule has 2 rings (SSSR count). The molecule has 0 radical (unpaired) electrons. The van der Waals surface area contributed by atoms with Crippen LogP contribution in [-0.4, -0.2) is 12.6 Å². The first kappa shape index (κ1) is 15.6. The molecule has 0 N–H and O–H groups in total. The monoisotopic (exact) mass is 320 g/mol. The van der Waals surface area contributed by atoms with Crippen molar-refractivity contribution in [2.45, 2.75) is 6.42 Å². The van der Waals surface area contributed by atoms with E-state index in [2.05, 4.69) is 0 Å². The van der Waals surface area contributed by atoms with E-state index in [9.17, 15) is 4.79 Å². The number of esters is 1. The van der Waals surface area contributed by atoms with Crippen molar-refractivity contribution in [1.82, 2.24) is 0 Å². The second-order valence-electron chi connectivity index (χ2n) is 4.40. The van der Waals surface area contributed by atoms with E-state index in [-0.39, 0.29) is 0 Å². The first-order valence-electron chi connectivity index (χ1n) is 6.49. The maximum Gasteiger partial charge on any atom is 0.330 e. The molecule has 0 fully saturated rings. The molecule has 2 aromatic carbocycles. The van der Waals surface area contributed by atoms with Gasteiger partial charge in [0.15, 0.2) is 0 Å². The normalized spacial score (nSPS) is 10.8. The third kappa shape index (κ3) is 5.25. The van der Waals surface area contributed by atoms with Gasteiger partial charge in [-0.2, -0.15) is 0 Å². The van der Waals surface area contributed by atoms with Gasteiger partial charge in [-0.15, -0.1) is 0 Å². The summed E-state index contributed by atoms with van der Waals surface area (Å²) in [6.45, 7) is 0.349. The molecule has 0 spiro atoms. The number of hydrogen-bond donors (Lipinski definition) is 0. The zero-order valence-corrected chi connectivity index (χ0v) is 12.8. The van der Waals surface area contributed by atoms with Gasteiger partial charge in [-0.25, -0.2) is 4.79 Å². The molecule has 0 aliphatic rings. The Morgan fingerprint density at radius 2 is 1.86 bits per heavy atom. The highest BCUT2D eigenvalue weighted by atomic mass is 35.5. The zero-order valence-electron chi connectivity index (χ0n) is 11.3. The van der Waals surface area contributed by atoms with Gasteiger partial charge in [-0.05, 0) is 29.3 Å². The maximum atomic E-state index is 11.6. The van der Waals surface area contributed by atoms with E-state index in [1.165, 1.54) is 6.08 Å². The average Bonchev–Trinajstić information content (AvgIpc) is 2.47. The summed E-state index contributed by atoms with van der Waals surface area (Å²) in [5.74, 6) is -0.392. The van der Waals surface area contributed by atoms with Crippen LogP contribution in [0.4, 0.5) is 0 Å². The van der Waals surface area contributed by atoms with Crippen molar-refractivity contribution in [3.63, 3.8) is 0 Å². The Morgan fingerprint density at radius 3 is 2.57 bits per heavy atom. The van der Waals surface area contributed by atoms with Gasteiger partial charge in [0.05, 0.1) is 6.61 Å². The Morgan fingerprint density at radius 1 is 1.10 bits per heavy atom. The Kier molecular flexibility index (Phi) is 5.85. The van der Waals surface area contributed by atoms with Crippen LogP contribution in [0.3, 0.4) is 0 Å². The highest BCUT2D eigenvalue weighted by Gasteiger charge is 2.01. The van der Waals surface area contributed by atoms with Crippen molar-refractivity contribution in [2.24, 2.45) is 0 Å². The molecule has 0 aliphatic heterocycles. The molecule has 0 saturated heterocycles. The quantitative estimate of drug-likeness (QED) is 0.584. The predicted molar refractivity (Wildman–Crippen MR) is 86.6 cm³/mol. The van der Waals surface area contributed by atoms with E-state index in [1.807, 2.05) is 30.3 Å². The number of benzene rings is 2. The van der Waals surface area contributed by atoms with Crippen LogP contribution < -0.4 is 0 Å². The maximum absolute atomic E-state index is 11.6. The molecule has 0 amide bonds. The molecule has 0 aromatic heterocycles. The lowest BCUT2D eigenvalue weighted by Gasteiger charge is -2.02. The second kappa shape index (κ2) is 7.87. The van der Waals surface area contributed by atoms with E-state index >= 15 is 0 Å². The number of rotatable bonds is 5. The first-order valence-corrected chi connectivity index (χ1v) is 7.24. The molecular formula is C17H14Cl2O2. The standard InChI is InChI=1S/C17H14Cl2O2/c18-15-8-6-14(16(19)12-15)7-9-17(20)21-11-10-13-4-2-1-3-5-13/h1-9,12H,10-11H2/b9-7+. The van der Waals surface area contributed by atoms with Gasteiger partial charge < -0.3 is 4.74 Å². The van der Waals surface area contributed by atoms with Crippen LogP contribution in [0.1, 0.15) is 11.1 Å². The fourth-order valence-corrected chi connectivity index (χ4v) is 2.23. The Labute approximate surface area is 134 Å². The summed E-state index contributed by atoms with van der Waals surface area (Å²) in [5, 5.41) is 1.05. The highest BCUT2D eigenvalue weighted by Crippen LogP contribution is 2.21. The summed E-state index contributed by atoms with van der Waals surface area (Å²) in [6.07, 6.45) is 3.67. The topological polar surface area (TPSA) is 26.3 Å². The van der Waals surface area contributed by atoms with Crippen LogP contribution in [0, 0.1) is 0 Å². The van der Waals surface area contributed by atoms with Gasteiger partial charge in [0.25, 0.3) is 0 Å². The number of ether oxygens (including phenoxy) is 1. The van der Waals surface area contributed by atoms with Gasteiger partial charge in [-0.3, -0.25) is 0 Å². The van der Waals surface area contributed by atoms with Crippen LogP contribution in [0.15, 0.2) is 54.6 Å². The van der Waals surface area contributed by atoms with Gasteiger partial charge in [0.1, 0.15) is 0 Å². The van der Waals surface area contributed by atoms with Crippen LogP contribution in [0.5, 0.6) is 0 Å². The number of carbonyl (C=O) groups excluding carboxylic acids is 1. The molecular weight excluding hydrogens is 307 g/mol. The van der Waals surface area contributed by atoms with Crippen molar-refractivity contribution in [2.75, 3.05) is 6.61 Å². The van der Waals surface area contributed by atoms with Crippen molar-refractivity contribution >= 4 is 35.2 Å². The molecule has 0 unspecified atom stereocenters. The molecule has 4 heteroatoms. The lowest BCUT2D eigenvalue weighted by atomic mass is 10.2. The summed E-state index contributed by atoms with van der Waals surface area (Å²) in [4.78, 5) is 11.6. The average molecular weight is 321 g/mol. The summed E-state index contributed by atoms with van der Waals surface area (Å²) < 4.78 is 5.14. The predicted octanol–water partition coefficient (Wildman–Crippen LogP) is 4.79. The third-order valence-corrected chi connectivity index (χ3v) is 3.40. The van der Waals surface area contributed by atoms with Crippen LogP contribution in [0.25, 0.3) is 6.08 Å². The number of hydrogen-bond acceptors (Lipinski definition) is 2. The van der Waals surface area contributed by atoms with Crippen molar-refractivity contribution < 1.29 is 9.53 Å². The third-order valence-electron chi connectivity index (χ3n) is 2.84. The summed E-state index contributed by atoms with van der Waals surface area (Å²) in [7, 11) is 0. The fraction of sp³-hybridized carbons (Fsp3) is 0.118. The number of halogens is 2. The van der Waals surface area contributed by atoms with Crippen LogP contribution in [0.2, 0.25) is 10.0 Å². The van der Waals surface area contributed by atoms with Crippen molar-refractivity contribution in [3.8, 4) is 0 Å². The van der Waals surface area contributed by atoms with Crippen molar-refractivity contribution in [3.05, 3.63) is 75.8 Å². The van der Waals surface area contributed by atoms with E-state index < -0.39 is 5.97 Å². The number of carbonyl (C=O) groups is 1. The van der Waals surface area contributed by atoms with E-state index in [0.717, 1.165) is 11.1 Å². The summed E-state index contributed by atoms with van der Waals surface area (Å²) in [6, 6.07) is 15.0. The Bertz CT molecular complexity index is 636. The van der Waals surface area contributed by atoms with Crippen molar-refractivity contribution in [1.29, 1.82) is 0 Å². The van der Waals surface area contributed by atoms with Gasteiger partial charge in [-0.1, -0.05) is 59.6 Å². The zero-order chi connectivity index (χ0) is 15.1. The Balaban J connectivity index is 1.82. The SMILES string of the molecule is O=C(/C=C/c1ccc(Cl)cc1Cl)OCCc1ccccc1. The smallest absolute Gasteiger partial charge is 0.330 e. The minimum Gasteiger partial charge on any atom is -0.462 e.